The summed E-state index contributed by atoms with van der Waals surface area (Å²) in [5.41, 5.74) is 0. The van der Waals surface area contributed by atoms with Gasteiger partial charge in [-0.1, -0.05) is 160 Å². The van der Waals surface area contributed by atoms with E-state index in [2.05, 4.69) is 38.2 Å². The number of carboxylic acids is 1. The van der Waals surface area contributed by atoms with Crippen molar-refractivity contribution in [3.05, 3.63) is 24.3 Å². The van der Waals surface area contributed by atoms with Crippen LogP contribution < -0.4 is 5.11 Å². The van der Waals surface area contributed by atoms with E-state index in [0.717, 1.165) is 51.4 Å². The zero-order chi connectivity index (χ0) is 42.1. The van der Waals surface area contributed by atoms with Crippen molar-refractivity contribution in [2.75, 3.05) is 41.0 Å². The molecule has 0 radical (unpaired) electrons. The van der Waals surface area contributed by atoms with E-state index in [-0.39, 0.29) is 42.7 Å². The summed E-state index contributed by atoms with van der Waals surface area (Å²) in [5, 5.41) is 11.6. The van der Waals surface area contributed by atoms with Crippen molar-refractivity contribution in [3.63, 3.8) is 0 Å². The van der Waals surface area contributed by atoms with Crippen LogP contribution in [0.3, 0.4) is 0 Å². The predicted molar refractivity (Wildman–Crippen MR) is 236 cm³/mol. The van der Waals surface area contributed by atoms with Crippen molar-refractivity contribution in [2.45, 2.75) is 231 Å². The van der Waals surface area contributed by atoms with Crippen LogP contribution in [-0.4, -0.2) is 75.5 Å². The fourth-order valence-electron chi connectivity index (χ4n) is 7.06. The number of esters is 2. The zero-order valence-electron chi connectivity index (χ0n) is 38.0. The molecule has 0 aromatic heterocycles. The van der Waals surface area contributed by atoms with E-state index in [1.165, 1.54) is 135 Å². The molecular weight excluding hydrogens is 715 g/mol. The highest BCUT2D eigenvalue weighted by molar-refractivity contribution is 5.70. The fourth-order valence-corrected chi connectivity index (χ4v) is 7.06. The maximum atomic E-state index is 12.7. The average Bonchev–Trinajstić information content (AvgIpc) is 3.17. The molecule has 0 saturated heterocycles. The van der Waals surface area contributed by atoms with Gasteiger partial charge in [-0.25, -0.2) is 0 Å². The van der Waals surface area contributed by atoms with Crippen LogP contribution in [0, 0.1) is 0 Å². The zero-order valence-corrected chi connectivity index (χ0v) is 38.0. The van der Waals surface area contributed by atoms with Gasteiger partial charge in [0.2, 0.25) is 0 Å². The minimum atomic E-state index is -1.13. The van der Waals surface area contributed by atoms with Crippen molar-refractivity contribution in [1.82, 2.24) is 0 Å². The Morgan fingerprint density at radius 3 is 1.28 bits per heavy atom. The van der Waals surface area contributed by atoms with Crippen molar-refractivity contribution in [1.29, 1.82) is 0 Å². The number of allylic oxidation sites excluding steroid dienone is 4. The summed E-state index contributed by atoms with van der Waals surface area (Å²) in [6.45, 7) is 4.65. The number of hydrogen-bond acceptors (Lipinski definition) is 7. The molecule has 0 bridgehead atoms. The van der Waals surface area contributed by atoms with E-state index >= 15 is 0 Å². The van der Waals surface area contributed by atoms with Gasteiger partial charge in [-0.15, -0.1) is 0 Å². The molecule has 0 aliphatic carbocycles. The van der Waals surface area contributed by atoms with Crippen LogP contribution in [0.4, 0.5) is 0 Å². The van der Waals surface area contributed by atoms with Gasteiger partial charge in [0.1, 0.15) is 12.6 Å². The Kier molecular flexibility index (Phi) is 39.0. The minimum Gasteiger partial charge on any atom is -0.544 e. The SMILES string of the molecule is CCCCCCCC/C=C/CCCCCC(=O)OC(COCCC(C(=O)[O-])[N+](C)(C)C)COC(=O)CCCCCCCCC/C=C/CCCCCCCCCCC. The molecular formula is C49H91NO7. The van der Waals surface area contributed by atoms with E-state index in [0.29, 0.717) is 12.8 Å². The molecule has 8 heteroatoms. The third-order valence-corrected chi connectivity index (χ3v) is 10.8. The van der Waals surface area contributed by atoms with Crippen LogP contribution in [0.5, 0.6) is 0 Å². The van der Waals surface area contributed by atoms with E-state index in [9.17, 15) is 19.5 Å². The minimum absolute atomic E-state index is 0.0361. The molecule has 57 heavy (non-hydrogen) atoms. The Bertz CT molecular complexity index is 989. The highest BCUT2D eigenvalue weighted by Crippen LogP contribution is 2.14. The van der Waals surface area contributed by atoms with Gasteiger partial charge in [0.25, 0.3) is 0 Å². The van der Waals surface area contributed by atoms with Gasteiger partial charge < -0.3 is 28.6 Å². The molecule has 0 heterocycles. The van der Waals surface area contributed by atoms with Gasteiger partial charge in [0.15, 0.2) is 6.10 Å². The molecule has 2 unspecified atom stereocenters. The molecule has 0 N–H and O–H groups in total. The fraction of sp³-hybridized carbons (Fsp3) is 0.857. The molecule has 0 aromatic rings. The number of aliphatic carboxylic acids is 1. The third-order valence-electron chi connectivity index (χ3n) is 10.8. The second-order valence-electron chi connectivity index (χ2n) is 17.3. The topological polar surface area (TPSA) is 102 Å². The summed E-state index contributed by atoms with van der Waals surface area (Å²) >= 11 is 0. The summed E-state index contributed by atoms with van der Waals surface area (Å²) in [6.07, 6.45) is 44.9. The molecule has 0 rings (SSSR count). The summed E-state index contributed by atoms with van der Waals surface area (Å²) in [4.78, 5) is 36.9. The highest BCUT2D eigenvalue weighted by Gasteiger charge is 2.25. The lowest BCUT2D eigenvalue weighted by Gasteiger charge is -2.34. The Labute approximate surface area is 351 Å². The first-order valence-corrected chi connectivity index (χ1v) is 23.9. The van der Waals surface area contributed by atoms with Crippen LogP contribution in [-0.2, 0) is 28.6 Å². The van der Waals surface area contributed by atoms with Crippen LogP contribution in [0.15, 0.2) is 24.3 Å². The molecule has 0 fully saturated rings. The molecule has 0 saturated carbocycles. The number of carboxylic acid groups (broad SMARTS) is 1. The number of nitrogens with zero attached hydrogens (tertiary/aromatic N) is 1. The summed E-state index contributed by atoms with van der Waals surface area (Å²) < 4.78 is 17.2. The number of hydrogen-bond donors (Lipinski definition) is 0. The molecule has 0 amide bonds. The van der Waals surface area contributed by atoms with Crippen molar-refractivity contribution in [3.8, 4) is 0 Å². The van der Waals surface area contributed by atoms with Crippen LogP contribution in [0.1, 0.15) is 219 Å². The number of quaternary nitrogens is 1. The first kappa shape index (κ1) is 54.8. The molecule has 0 aliphatic heterocycles. The van der Waals surface area contributed by atoms with Gasteiger partial charge in [-0.05, 0) is 64.2 Å². The maximum absolute atomic E-state index is 12.7. The number of ether oxygens (including phenoxy) is 3. The van der Waals surface area contributed by atoms with E-state index in [1.54, 1.807) is 21.1 Å². The van der Waals surface area contributed by atoms with Crippen molar-refractivity contribution >= 4 is 17.9 Å². The lowest BCUT2D eigenvalue weighted by Crippen LogP contribution is -2.55. The normalized spacial score (nSPS) is 13.1. The largest absolute Gasteiger partial charge is 0.544 e. The highest BCUT2D eigenvalue weighted by atomic mass is 16.6. The van der Waals surface area contributed by atoms with Crippen LogP contribution >= 0.6 is 0 Å². The molecule has 0 spiro atoms. The second kappa shape index (κ2) is 40.6. The number of likely N-dealkylation sites (N-methyl/N-ethyl adjacent to an activating group) is 1. The quantitative estimate of drug-likeness (QED) is 0.0262. The number of unbranched alkanes of at least 4 members (excludes halogenated alkanes) is 25. The summed E-state index contributed by atoms with van der Waals surface area (Å²) in [7, 11) is 5.41. The lowest BCUT2D eigenvalue weighted by molar-refractivity contribution is -0.889. The van der Waals surface area contributed by atoms with E-state index < -0.39 is 18.1 Å². The van der Waals surface area contributed by atoms with Crippen molar-refractivity contribution < 1.29 is 38.2 Å². The first-order valence-electron chi connectivity index (χ1n) is 23.9. The summed E-state index contributed by atoms with van der Waals surface area (Å²) in [6, 6.07) is -0.726. The number of carbonyl (C=O) groups is 3. The second-order valence-corrected chi connectivity index (χ2v) is 17.3. The Morgan fingerprint density at radius 2 is 0.877 bits per heavy atom. The predicted octanol–water partition coefficient (Wildman–Crippen LogP) is 11.9. The van der Waals surface area contributed by atoms with Crippen molar-refractivity contribution in [2.24, 2.45) is 0 Å². The molecule has 8 nitrogen and oxygen atoms in total. The Hall–Kier alpha value is -2.19. The monoisotopic (exact) mass is 806 g/mol. The van der Waals surface area contributed by atoms with Gasteiger partial charge in [0.05, 0.1) is 40.3 Å². The molecule has 2 atom stereocenters. The van der Waals surface area contributed by atoms with E-state index in [1.807, 2.05) is 0 Å². The number of rotatable bonds is 43. The van der Waals surface area contributed by atoms with Gasteiger partial charge in [0, 0.05) is 19.3 Å². The Balaban J connectivity index is 4.26. The smallest absolute Gasteiger partial charge is 0.306 e. The van der Waals surface area contributed by atoms with Gasteiger partial charge >= 0.3 is 11.9 Å². The standard InChI is InChI=1S/C49H91NO7/c1-6-8-10-12-14-16-18-20-21-22-23-24-25-26-28-29-31-33-35-37-39-47(51)56-44-45(43-55-42-41-46(49(53)54)50(3,4)5)57-48(52)40-38-36-34-32-30-27-19-17-15-13-11-9-7-2/h23-24,27,30,45-46H,6-22,25-26,28-29,31-44H2,1-5H3/b24-23+,30-27+. The Morgan fingerprint density at radius 1 is 0.509 bits per heavy atom. The van der Waals surface area contributed by atoms with Crippen LogP contribution in [0.2, 0.25) is 0 Å². The molecule has 334 valence electrons. The molecule has 0 aromatic carbocycles. The first-order chi connectivity index (χ1) is 27.6. The maximum Gasteiger partial charge on any atom is 0.306 e. The van der Waals surface area contributed by atoms with Gasteiger partial charge in [-0.2, -0.15) is 0 Å². The van der Waals surface area contributed by atoms with Gasteiger partial charge in [-0.3, -0.25) is 9.59 Å². The lowest BCUT2D eigenvalue weighted by atomic mass is 10.1. The summed E-state index contributed by atoms with van der Waals surface area (Å²) in [5.74, 6) is -1.75. The number of carbonyl (C=O) groups excluding carboxylic acids is 3. The third kappa shape index (κ3) is 39.1. The van der Waals surface area contributed by atoms with E-state index in [4.69, 9.17) is 14.2 Å². The van der Waals surface area contributed by atoms with Crippen LogP contribution in [0.25, 0.3) is 0 Å². The average molecular weight is 806 g/mol. The molecule has 0 aliphatic rings.